The standard InChI is InChI=1S/C9H7FOS2/c1-12-8-3-5-2-6(11)4-7(10)9(5)13-8/h2-4,11H,1H3. The molecule has 0 atom stereocenters. The SMILES string of the molecule is CSc1cc2cc(O)cc(F)c2s1. The molecule has 68 valence electrons. The molecule has 0 fully saturated rings. The maximum absolute atomic E-state index is 13.2. The van der Waals surface area contributed by atoms with Crippen LogP contribution in [0.1, 0.15) is 0 Å². The summed E-state index contributed by atoms with van der Waals surface area (Å²) in [5.41, 5.74) is 0. The first-order valence-corrected chi connectivity index (χ1v) is 5.71. The summed E-state index contributed by atoms with van der Waals surface area (Å²) in [6, 6.07) is 4.60. The minimum absolute atomic E-state index is 0.0181. The number of thiophene rings is 1. The van der Waals surface area contributed by atoms with Crippen molar-refractivity contribution in [1.29, 1.82) is 0 Å². The molecule has 1 heterocycles. The van der Waals surface area contributed by atoms with Gasteiger partial charge in [0, 0.05) is 11.5 Å². The van der Waals surface area contributed by atoms with E-state index in [1.165, 1.54) is 11.3 Å². The van der Waals surface area contributed by atoms with Gasteiger partial charge in [0.15, 0.2) is 0 Å². The van der Waals surface area contributed by atoms with E-state index in [0.717, 1.165) is 15.7 Å². The topological polar surface area (TPSA) is 20.2 Å². The van der Waals surface area contributed by atoms with E-state index in [-0.39, 0.29) is 11.6 Å². The Bertz CT molecular complexity index is 450. The van der Waals surface area contributed by atoms with Crippen molar-refractivity contribution in [3.63, 3.8) is 0 Å². The number of aromatic hydroxyl groups is 1. The van der Waals surface area contributed by atoms with Crippen LogP contribution in [0, 0.1) is 5.82 Å². The zero-order chi connectivity index (χ0) is 9.42. The predicted molar refractivity (Wildman–Crippen MR) is 55.2 cm³/mol. The van der Waals surface area contributed by atoms with Crippen molar-refractivity contribution in [3.05, 3.63) is 24.0 Å². The second-order valence-corrected chi connectivity index (χ2v) is 4.77. The molecule has 1 aromatic heterocycles. The Balaban J connectivity index is 2.75. The van der Waals surface area contributed by atoms with Gasteiger partial charge in [-0.3, -0.25) is 0 Å². The van der Waals surface area contributed by atoms with Crippen LogP contribution >= 0.6 is 23.1 Å². The minimum Gasteiger partial charge on any atom is -0.508 e. The van der Waals surface area contributed by atoms with Gasteiger partial charge in [-0.1, -0.05) is 0 Å². The third-order valence-electron chi connectivity index (χ3n) is 1.73. The highest BCUT2D eigenvalue weighted by Gasteiger charge is 2.07. The summed E-state index contributed by atoms with van der Waals surface area (Å²) in [6.07, 6.45) is 1.95. The zero-order valence-corrected chi connectivity index (χ0v) is 8.51. The Kier molecular flexibility index (Phi) is 2.17. The van der Waals surface area contributed by atoms with E-state index < -0.39 is 0 Å². The lowest BCUT2D eigenvalue weighted by molar-refractivity contribution is 0.471. The summed E-state index contributed by atoms with van der Waals surface area (Å²) in [7, 11) is 0. The van der Waals surface area contributed by atoms with Crippen LogP contribution in [0.3, 0.4) is 0 Å². The van der Waals surface area contributed by atoms with Crippen LogP contribution in [-0.4, -0.2) is 11.4 Å². The van der Waals surface area contributed by atoms with Gasteiger partial charge >= 0.3 is 0 Å². The number of thioether (sulfide) groups is 1. The Morgan fingerprint density at radius 3 is 2.85 bits per heavy atom. The summed E-state index contributed by atoms with van der Waals surface area (Å²) in [4.78, 5) is 0. The number of halogens is 1. The van der Waals surface area contributed by atoms with E-state index in [0.29, 0.717) is 4.70 Å². The quantitative estimate of drug-likeness (QED) is 0.733. The van der Waals surface area contributed by atoms with Crippen LogP contribution in [0.2, 0.25) is 0 Å². The Morgan fingerprint density at radius 2 is 2.15 bits per heavy atom. The van der Waals surface area contributed by atoms with E-state index in [1.54, 1.807) is 17.8 Å². The van der Waals surface area contributed by atoms with Crippen molar-refractivity contribution in [3.8, 4) is 5.75 Å². The molecule has 0 spiro atoms. The molecule has 4 heteroatoms. The number of rotatable bonds is 1. The summed E-state index contributed by atoms with van der Waals surface area (Å²) < 4.78 is 14.9. The van der Waals surface area contributed by atoms with Gasteiger partial charge in [-0.25, -0.2) is 4.39 Å². The number of phenolic OH excluding ortho intramolecular Hbond substituents is 1. The Labute approximate surface area is 83.2 Å². The molecule has 13 heavy (non-hydrogen) atoms. The monoisotopic (exact) mass is 214 g/mol. The molecule has 0 saturated heterocycles. The van der Waals surface area contributed by atoms with Gasteiger partial charge in [-0.2, -0.15) is 0 Å². The molecule has 2 rings (SSSR count). The van der Waals surface area contributed by atoms with Gasteiger partial charge in [-0.05, 0) is 18.4 Å². The zero-order valence-electron chi connectivity index (χ0n) is 6.87. The van der Waals surface area contributed by atoms with Crippen LogP contribution in [0.4, 0.5) is 4.39 Å². The fourth-order valence-corrected chi connectivity index (χ4v) is 2.78. The normalized spacial score (nSPS) is 10.9. The van der Waals surface area contributed by atoms with Crippen molar-refractivity contribution in [1.82, 2.24) is 0 Å². The number of benzene rings is 1. The first-order valence-electron chi connectivity index (χ1n) is 3.67. The summed E-state index contributed by atoms with van der Waals surface area (Å²) in [6.45, 7) is 0. The van der Waals surface area contributed by atoms with Gasteiger partial charge in [0.25, 0.3) is 0 Å². The molecule has 1 N–H and O–H groups in total. The average Bonchev–Trinajstić information content (AvgIpc) is 2.47. The predicted octanol–water partition coefficient (Wildman–Crippen LogP) is 3.47. The van der Waals surface area contributed by atoms with E-state index >= 15 is 0 Å². The van der Waals surface area contributed by atoms with Gasteiger partial charge < -0.3 is 5.11 Å². The van der Waals surface area contributed by atoms with Gasteiger partial charge in [-0.15, -0.1) is 23.1 Å². The molecule has 0 radical (unpaired) electrons. The largest absolute Gasteiger partial charge is 0.508 e. The molecule has 0 aliphatic carbocycles. The van der Waals surface area contributed by atoms with Gasteiger partial charge in [0.1, 0.15) is 11.6 Å². The Morgan fingerprint density at radius 1 is 1.38 bits per heavy atom. The highest BCUT2D eigenvalue weighted by Crippen LogP contribution is 2.35. The van der Waals surface area contributed by atoms with Crippen molar-refractivity contribution in [2.75, 3.05) is 6.26 Å². The van der Waals surface area contributed by atoms with Crippen LogP contribution in [0.5, 0.6) is 5.75 Å². The second kappa shape index (κ2) is 3.20. The van der Waals surface area contributed by atoms with Crippen LogP contribution in [-0.2, 0) is 0 Å². The molecule has 1 nitrogen and oxygen atoms in total. The fraction of sp³-hybridized carbons (Fsp3) is 0.111. The molecular formula is C9H7FOS2. The molecule has 0 unspecified atom stereocenters. The van der Waals surface area contributed by atoms with Crippen LogP contribution in [0.25, 0.3) is 10.1 Å². The molecule has 1 aromatic carbocycles. The van der Waals surface area contributed by atoms with Crippen LogP contribution in [0.15, 0.2) is 22.4 Å². The number of hydrogen-bond acceptors (Lipinski definition) is 3. The Hall–Kier alpha value is -0.740. The molecule has 0 aliphatic heterocycles. The number of fused-ring (bicyclic) bond motifs is 1. The average molecular weight is 214 g/mol. The van der Waals surface area contributed by atoms with E-state index in [1.807, 2.05) is 12.3 Å². The second-order valence-electron chi connectivity index (χ2n) is 2.62. The van der Waals surface area contributed by atoms with E-state index in [9.17, 15) is 4.39 Å². The van der Waals surface area contributed by atoms with Crippen LogP contribution < -0.4 is 0 Å². The third-order valence-corrected chi connectivity index (χ3v) is 3.96. The number of hydrogen-bond donors (Lipinski definition) is 1. The summed E-state index contributed by atoms with van der Waals surface area (Å²) >= 11 is 2.99. The lowest BCUT2D eigenvalue weighted by atomic mass is 10.2. The fourth-order valence-electron chi connectivity index (χ4n) is 1.17. The van der Waals surface area contributed by atoms with E-state index in [2.05, 4.69) is 0 Å². The smallest absolute Gasteiger partial charge is 0.144 e. The first-order chi connectivity index (χ1) is 6.20. The molecule has 0 saturated carbocycles. The van der Waals surface area contributed by atoms with E-state index in [4.69, 9.17) is 5.11 Å². The van der Waals surface area contributed by atoms with Gasteiger partial charge in [0.2, 0.25) is 0 Å². The van der Waals surface area contributed by atoms with Crippen molar-refractivity contribution in [2.24, 2.45) is 0 Å². The molecule has 0 bridgehead atoms. The maximum Gasteiger partial charge on any atom is 0.144 e. The highest BCUT2D eigenvalue weighted by atomic mass is 32.2. The van der Waals surface area contributed by atoms with Gasteiger partial charge in [0.05, 0.1) is 8.91 Å². The summed E-state index contributed by atoms with van der Waals surface area (Å²) in [5.74, 6) is -0.365. The third kappa shape index (κ3) is 1.51. The maximum atomic E-state index is 13.2. The lowest BCUT2D eigenvalue weighted by Gasteiger charge is -1.93. The minimum atomic E-state index is -0.347. The van der Waals surface area contributed by atoms with Crippen molar-refractivity contribution in [2.45, 2.75) is 4.21 Å². The summed E-state index contributed by atoms with van der Waals surface area (Å²) in [5, 5.41) is 9.92. The highest BCUT2D eigenvalue weighted by molar-refractivity contribution is 8.00. The molecule has 0 aliphatic rings. The van der Waals surface area contributed by atoms with Crippen molar-refractivity contribution < 1.29 is 9.50 Å². The number of phenols is 1. The molecule has 0 amide bonds. The van der Waals surface area contributed by atoms with Crippen molar-refractivity contribution >= 4 is 33.2 Å². The molecular weight excluding hydrogens is 207 g/mol. The lowest BCUT2D eigenvalue weighted by Crippen LogP contribution is -1.72. The molecule has 2 aromatic rings. The first kappa shape index (κ1) is 8.84.